The van der Waals surface area contributed by atoms with E-state index in [1.54, 1.807) is 12.1 Å². The molecule has 0 amide bonds. The lowest BCUT2D eigenvalue weighted by atomic mass is 10.0. The third kappa shape index (κ3) is 3.77. The fraction of sp³-hybridized carbons (Fsp3) is 0.294. The SMILES string of the molecule is CNC(c1ccc(C)cc1)C(C)S(=O)c1cccc(F)c1. The predicted octanol–water partition coefficient (Wildman–Crippen LogP) is 3.59. The van der Waals surface area contributed by atoms with Crippen molar-refractivity contribution in [1.29, 1.82) is 0 Å². The molecule has 112 valence electrons. The molecule has 0 fully saturated rings. The number of rotatable bonds is 5. The van der Waals surface area contributed by atoms with E-state index in [2.05, 4.69) is 5.32 Å². The summed E-state index contributed by atoms with van der Waals surface area (Å²) >= 11 is 0. The Hall–Kier alpha value is -1.52. The second-order valence-corrected chi connectivity index (χ2v) is 6.95. The largest absolute Gasteiger partial charge is 0.312 e. The van der Waals surface area contributed by atoms with E-state index < -0.39 is 10.8 Å². The molecule has 2 rings (SSSR count). The highest BCUT2D eigenvalue weighted by molar-refractivity contribution is 7.85. The maximum atomic E-state index is 13.3. The van der Waals surface area contributed by atoms with Gasteiger partial charge in [0.05, 0.1) is 16.0 Å². The summed E-state index contributed by atoms with van der Waals surface area (Å²) in [5, 5.41) is 3.05. The number of aryl methyl sites for hydroxylation is 1. The molecule has 0 spiro atoms. The molecule has 0 heterocycles. The minimum Gasteiger partial charge on any atom is -0.312 e. The molecular weight excluding hydrogens is 285 g/mol. The van der Waals surface area contributed by atoms with Crippen LogP contribution >= 0.6 is 0 Å². The molecule has 2 aromatic carbocycles. The van der Waals surface area contributed by atoms with Crippen molar-refractivity contribution in [2.24, 2.45) is 0 Å². The first kappa shape index (κ1) is 15.9. The molecule has 3 unspecified atom stereocenters. The van der Waals surface area contributed by atoms with Crippen LogP contribution in [0.1, 0.15) is 24.1 Å². The summed E-state index contributed by atoms with van der Waals surface area (Å²) in [6, 6.07) is 14.1. The van der Waals surface area contributed by atoms with E-state index >= 15 is 0 Å². The number of halogens is 1. The third-order valence-corrected chi connectivity index (χ3v) is 5.25. The van der Waals surface area contributed by atoms with Crippen molar-refractivity contribution in [3.63, 3.8) is 0 Å². The molecule has 0 aliphatic rings. The molecular formula is C17H20FNOS. The minimum absolute atomic E-state index is 0.0466. The van der Waals surface area contributed by atoms with Crippen LogP contribution < -0.4 is 5.32 Å². The molecule has 4 heteroatoms. The van der Waals surface area contributed by atoms with Gasteiger partial charge in [-0.05, 0) is 44.7 Å². The Labute approximate surface area is 127 Å². The number of nitrogens with one attached hydrogen (secondary N) is 1. The molecule has 0 aromatic heterocycles. The lowest BCUT2D eigenvalue weighted by Crippen LogP contribution is -2.30. The first-order valence-electron chi connectivity index (χ1n) is 6.93. The summed E-state index contributed by atoms with van der Waals surface area (Å²) in [5.74, 6) is -0.357. The van der Waals surface area contributed by atoms with E-state index in [0.29, 0.717) is 4.90 Å². The molecule has 1 N–H and O–H groups in total. The monoisotopic (exact) mass is 305 g/mol. The molecule has 0 aliphatic carbocycles. The van der Waals surface area contributed by atoms with Crippen LogP contribution in [0, 0.1) is 12.7 Å². The first-order valence-corrected chi connectivity index (χ1v) is 8.14. The Kier molecular flexibility index (Phi) is 5.26. The topological polar surface area (TPSA) is 29.1 Å². The van der Waals surface area contributed by atoms with E-state index in [4.69, 9.17) is 0 Å². The minimum atomic E-state index is -1.28. The quantitative estimate of drug-likeness (QED) is 0.914. The third-order valence-electron chi connectivity index (χ3n) is 3.58. The van der Waals surface area contributed by atoms with Crippen molar-refractivity contribution in [1.82, 2.24) is 5.32 Å². The highest BCUT2D eigenvalue weighted by Crippen LogP contribution is 2.24. The maximum absolute atomic E-state index is 13.3. The summed E-state index contributed by atoms with van der Waals surface area (Å²) in [5.41, 5.74) is 2.27. The normalized spacial score (nSPS) is 15.4. The van der Waals surface area contributed by atoms with Gasteiger partial charge in [-0.2, -0.15) is 0 Å². The molecule has 0 aliphatic heterocycles. The standard InChI is InChI=1S/C17H20FNOS/c1-12-7-9-14(10-8-12)17(19-3)13(2)21(20)16-6-4-5-15(18)11-16/h4-11,13,17,19H,1-3H3. The smallest absolute Gasteiger partial charge is 0.124 e. The van der Waals surface area contributed by atoms with Crippen molar-refractivity contribution < 1.29 is 8.60 Å². The van der Waals surface area contributed by atoms with Gasteiger partial charge in [-0.1, -0.05) is 35.9 Å². The Balaban J connectivity index is 2.25. The number of hydrogen-bond donors (Lipinski definition) is 1. The van der Waals surface area contributed by atoms with Gasteiger partial charge in [0.1, 0.15) is 5.82 Å². The molecule has 2 aromatic rings. The van der Waals surface area contributed by atoms with E-state index in [1.165, 1.54) is 17.7 Å². The first-order chi connectivity index (χ1) is 10.0. The Morgan fingerprint density at radius 1 is 1.14 bits per heavy atom. The highest BCUT2D eigenvalue weighted by Gasteiger charge is 2.24. The average molecular weight is 305 g/mol. The van der Waals surface area contributed by atoms with E-state index in [0.717, 1.165) is 5.56 Å². The molecule has 0 saturated carbocycles. The molecule has 0 radical (unpaired) electrons. The summed E-state index contributed by atoms with van der Waals surface area (Å²) < 4.78 is 25.9. The van der Waals surface area contributed by atoms with Gasteiger partial charge in [-0.25, -0.2) is 4.39 Å². The zero-order chi connectivity index (χ0) is 15.4. The van der Waals surface area contributed by atoms with Crippen LogP contribution in [0.2, 0.25) is 0 Å². The summed E-state index contributed by atoms with van der Waals surface area (Å²) in [4.78, 5) is 0.523. The van der Waals surface area contributed by atoms with E-state index in [1.807, 2.05) is 45.2 Å². The molecule has 3 atom stereocenters. The fourth-order valence-electron chi connectivity index (χ4n) is 2.38. The van der Waals surface area contributed by atoms with Crippen LogP contribution in [0.15, 0.2) is 53.4 Å². The van der Waals surface area contributed by atoms with Gasteiger partial charge in [0.25, 0.3) is 0 Å². The Bertz CT molecular complexity index is 627. The highest BCUT2D eigenvalue weighted by atomic mass is 32.2. The van der Waals surface area contributed by atoms with Crippen LogP contribution in [-0.4, -0.2) is 16.5 Å². The van der Waals surface area contributed by atoms with Gasteiger partial charge in [-0.15, -0.1) is 0 Å². The second-order valence-electron chi connectivity index (χ2n) is 5.14. The lowest BCUT2D eigenvalue weighted by molar-refractivity contribution is 0.569. The maximum Gasteiger partial charge on any atom is 0.124 e. The predicted molar refractivity (Wildman–Crippen MR) is 85.3 cm³/mol. The molecule has 0 saturated heterocycles. The van der Waals surface area contributed by atoms with Crippen LogP contribution in [0.5, 0.6) is 0 Å². The van der Waals surface area contributed by atoms with Crippen LogP contribution in [0.25, 0.3) is 0 Å². The van der Waals surface area contributed by atoms with Gasteiger partial charge in [0.2, 0.25) is 0 Å². The van der Waals surface area contributed by atoms with Crippen LogP contribution in [0.3, 0.4) is 0 Å². The summed E-state index contributed by atoms with van der Waals surface area (Å²) in [7, 11) is 0.574. The van der Waals surface area contributed by atoms with Gasteiger partial charge in [0, 0.05) is 10.9 Å². The van der Waals surface area contributed by atoms with Crippen molar-refractivity contribution in [3.8, 4) is 0 Å². The van der Waals surface area contributed by atoms with E-state index in [9.17, 15) is 8.60 Å². The van der Waals surface area contributed by atoms with Crippen LogP contribution in [-0.2, 0) is 10.8 Å². The number of hydrogen-bond acceptors (Lipinski definition) is 2. The van der Waals surface area contributed by atoms with Crippen LogP contribution in [0.4, 0.5) is 4.39 Å². The molecule has 21 heavy (non-hydrogen) atoms. The second kappa shape index (κ2) is 6.96. The molecule has 2 nitrogen and oxygen atoms in total. The molecule has 0 bridgehead atoms. The Morgan fingerprint density at radius 3 is 2.38 bits per heavy atom. The van der Waals surface area contributed by atoms with Gasteiger partial charge in [-0.3, -0.25) is 4.21 Å². The fourth-order valence-corrected chi connectivity index (χ4v) is 3.79. The van der Waals surface area contributed by atoms with Gasteiger partial charge in [0.15, 0.2) is 0 Å². The van der Waals surface area contributed by atoms with Gasteiger partial charge < -0.3 is 5.32 Å². The van der Waals surface area contributed by atoms with Crippen molar-refractivity contribution in [2.45, 2.75) is 30.0 Å². The van der Waals surface area contributed by atoms with Crippen molar-refractivity contribution >= 4 is 10.8 Å². The lowest BCUT2D eigenvalue weighted by Gasteiger charge is -2.23. The zero-order valence-electron chi connectivity index (χ0n) is 12.5. The number of benzene rings is 2. The summed E-state index contributed by atoms with van der Waals surface area (Å²) in [6.45, 7) is 3.95. The average Bonchev–Trinajstić information content (AvgIpc) is 2.49. The van der Waals surface area contributed by atoms with Gasteiger partial charge >= 0.3 is 0 Å². The summed E-state index contributed by atoms with van der Waals surface area (Å²) in [6.07, 6.45) is 0. The van der Waals surface area contributed by atoms with Crippen molar-refractivity contribution in [3.05, 3.63) is 65.5 Å². The zero-order valence-corrected chi connectivity index (χ0v) is 13.3. The Morgan fingerprint density at radius 2 is 1.81 bits per heavy atom. The van der Waals surface area contributed by atoms with Crippen molar-refractivity contribution in [2.75, 3.05) is 7.05 Å². The van der Waals surface area contributed by atoms with E-state index in [-0.39, 0.29) is 17.1 Å².